The predicted octanol–water partition coefficient (Wildman–Crippen LogP) is 2.79. The minimum absolute atomic E-state index is 0.129. The number of piperidine rings is 1. The van der Waals surface area contributed by atoms with Crippen molar-refractivity contribution in [3.05, 3.63) is 45.5 Å². The van der Waals surface area contributed by atoms with Gasteiger partial charge in [-0.15, -0.1) is 0 Å². The highest BCUT2D eigenvalue weighted by Gasteiger charge is 2.65. The van der Waals surface area contributed by atoms with E-state index in [0.29, 0.717) is 34.9 Å². The average molecular weight is 338 g/mol. The number of nitrogens with zero attached hydrogens (tertiary/aromatic N) is 2. The number of carbonyl (C=O) groups is 1. The zero-order chi connectivity index (χ0) is 17.5. The molecule has 3 heterocycles. The fraction of sp³-hybridized carbons (Fsp3) is 0.619. The number of carbonyl (C=O) groups excluding carboxylic acids is 1. The van der Waals surface area contributed by atoms with E-state index in [1.54, 1.807) is 6.07 Å². The summed E-state index contributed by atoms with van der Waals surface area (Å²) in [4.78, 5) is 27.2. The summed E-state index contributed by atoms with van der Waals surface area (Å²) in [5.74, 6) is 2.31. The summed E-state index contributed by atoms with van der Waals surface area (Å²) in [5, 5.41) is 0. The third kappa shape index (κ3) is 2.06. The molecule has 2 aliphatic heterocycles. The molecule has 0 radical (unpaired) electrons. The molecule has 0 spiro atoms. The molecule has 2 aliphatic carbocycles. The second-order valence-electron chi connectivity index (χ2n) is 9.14. The fourth-order valence-electron chi connectivity index (χ4n) is 5.95. The predicted molar refractivity (Wildman–Crippen MR) is 96.2 cm³/mol. The van der Waals surface area contributed by atoms with Crippen molar-refractivity contribution < 1.29 is 4.79 Å². The number of hydrogen-bond acceptors (Lipinski definition) is 3. The molecule has 4 heteroatoms. The van der Waals surface area contributed by atoms with Gasteiger partial charge in [0.25, 0.3) is 5.56 Å². The van der Waals surface area contributed by atoms with Gasteiger partial charge in [0, 0.05) is 55.0 Å². The molecule has 1 aromatic rings. The Bertz CT molecular complexity index is 863. The molecule has 0 amide bonds. The summed E-state index contributed by atoms with van der Waals surface area (Å²) in [6.45, 7) is 9.47. The zero-order valence-corrected chi connectivity index (χ0v) is 15.3. The van der Waals surface area contributed by atoms with Gasteiger partial charge >= 0.3 is 0 Å². The number of rotatable bonds is 1. The normalized spacial score (nSPS) is 36.8. The molecule has 0 aromatic carbocycles. The van der Waals surface area contributed by atoms with Crippen molar-refractivity contribution in [1.29, 1.82) is 0 Å². The Balaban J connectivity index is 1.49. The monoisotopic (exact) mass is 338 g/mol. The van der Waals surface area contributed by atoms with Crippen molar-refractivity contribution in [1.82, 2.24) is 9.47 Å². The summed E-state index contributed by atoms with van der Waals surface area (Å²) >= 11 is 0. The van der Waals surface area contributed by atoms with Crippen LogP contribution in [0.15, 0.2) is 34.3 Å². The molecule has 0 N–H and O–H groups in total. The van der Waals surface area contributed by atoms with Crippen molar-refractivity contribution >= 4 is 5.78 Å². The maximum Gasteiger partial charge on any atom is 0.250 e. The molecule has 2 saturated carbocycles. The highest BCUT2D eigenvalue weighted by atomic mass is 16.1. The van der Waals surface area contributed by atoms with E-state index < -0.39 is 0 Å². The van der Waals surface area contributed by atoms with Crippen LogP contribution in [0.4, 0.5) is 0 Å². The standard InChI is InChI=1S/C21H26N2O2/c1-12(19-17(24)8-15-20(19)21(15,2)3)22-9-13-7-14(11-22)16-5-4-6-18(25)23(16)10-13/h4-6,13-15,20H,7-11H2,1-3H3/b19-12-. The molecule has 25 heavy (non-hydrogen) atoms. The van der Waals surface area contributed by atoms with Crippen LogP contribution >= 0.6 is 0 Å². The lowest BCUT2D eigenvalue weighted by molar-refractivity contribution is -0.115. The Morgan fingerprint density at radius 2 is 1.96 bits per heavy atom. The van der Waals surface area contributed by atoms with Crippen LogP contribution in [0.2, 0.25) is 0 Å². The first-order valence-electron chi connectivity index (χ1n) is 9.56. The van der Waals surface area contributed by atoms with E-state index in [0.717, 1.165) is 38.0 Å². The first-order chi connectivity index (χ1) is 11.9. The van der Waals surface area contributed by atoms with Gasteiger partial charge in [-0.2, -0.15) is 0 Å². The summed E-state index contributed by atoms with van der Waals surface area (Å²) in [5.41, 5.74) is 3.93. The van der Waals surface area contributed by atoms with Crippen LogP contribution in [0, 0.1) is 23.2 Å². The Labute approximate surface area is 148 Å². The summed E-state index contributed by atoms with van der Waals surface area (Å²) in [6.07, 6.45) is 1.90. The van der Waals surface area contributed by atoms with Crippen molar-refractivity contribution in [2.24, 2.45) is 23.2 Å². The zero-order valence-electron chi connectivity index (χ0n) is 15.3. The molecular formula is C21H26N2O2. The van der Waals surface area contributed by atoms with Gasteiger partial charge in [0.15, 0.2) is 5.78 Å². The van der Waals surface area contributed by atoms with Crippen molar-refractivity contribution in [3.8, 4) is 0 Å². The number of pyridine rings is 1. The minimum atomic E-state index is 0.129. The molecule has 132 valence electrons. The highest BCUT2D eigenvalue weighted by Crippen LogP contribution is 2.68. The quantitative estimate of drug-likeness (QED) is 0.740. The SMILES string of the molecule is C/C(=C1\C(=O)CC2C1C2(C)C)N1CC2CC(C1)c1cccc(=O)n1C2. The summed E-state index contributed by atoms with van der Waals surface area (Å²) in [7, 11) is 0. The number of Topliss-reactive ketones (excluding diaryl/α,β-unsaturated/α-hetero) is 1. The molecule has 4 nitrogen and oxygen atoms in total. The van der Waals surface area contributed by atoms with Crippen LogP contribution < -0.4 is 5.56 Å². The third-order valence-electron chi connectivity index (χ3n) is 7.41. The number of fused-ring (bicyclic) bond motifs is 5. The van der Waals surface area contributed by atoms with Crippen molar-refractivity contribution in [3.63, 3.8) is 0 Å². The largest absolute Gasteiger partial charge is 0.374 e. The molecule has 4 aliphatic rings. The Morgan fingerprint density at radius 3 is 2.72 bits per heavy atom. The lowest BCUT2D eigenvalue weighted by atomic mass is 9.82. The van der Waals surface area contributed by atoms with Gasteiger partial charge < -0.3 is 9.47 Å². The van der Waals surface area contributed by atoms with Crippen LogP contribution in [0.1, 0.15) is 45.2 Å². The van der Waals surface area contributed by atoms with Crippen LogP contribution in [0.25, 0.3) is 0 Å². The average Bonchev–Trinajstić information content (AvgIpc) is 2.90. The van der Waals surface area contributed by atoms with Gasteiger partial charge in [0.2, 0.25) is 0 Å². The van der Waals surface area contributed by atoms with Crippen LogP contribution in [0.5, 0.6) is 0 Å². The van der Waals surface area contributed by atoms with Gasteiger partial charge in [-0.25, -0.2) is 0 Å². The van der Waals surface area contributed by atoms with Crippen LogP contribution in [-0.2, 0) is 11.3 Å². The lowest BCUT2D eigenvalue weighted by Crippen LogP contribution is -2.46. The molecular weight excluding hydrogens is 312 g/mol. The van der Waals surface area contributed by atoms with Crippen LogP contribution in [-0.4, -0.2) is 28.3 Å². The van der Waals surface area contributed by atoms with E-state index in [1.807, 2.05) is 10.6 Å². The first-order valence-corrected chi connectivity index (χ1v) is 9.56. The molecule has 4 unspecified atom stereocenters. The van der Waals surface area contributed by atoms with Gasteiger partial charge in [-0.05, 0) is 42.6 Å². The number of ketones is 1. The molecule has 1 saturated heterocycles. The Hall–Kier alpha value is -1.84. The van der Waals surface area contributed by atoms with Gasteiger partial charge in [-0.1, -0.05) is 19.9 Å². The summed E-state index contributed by atoms with van der Waals surface area (Å²) < 4.78 is 1.97. The maximum absolute atomic E-state index is 12.5. The maximum atomic E-state index is 12.5. The van der Waals surface area contributed by atoms with Crippen LogP contribution in [0.3, 0.4) is 0 Å². The number of likely N-dealkylation sites (tertiary alicyclic amines) is 1. The van der Waals surface area contributed by atoms with Gasteiger partial charge in [0.05, 0.1) is 0 Å². The number of hydrogen-bond donors (Lipinski definition) is 0. The minimum Gasteiger partial charge on any atom is -0.374 e. The van der Waals surface area contributed by atoms with E-state index in [4.69, 9.17) is 0 Å². The molecule has 4 atom stereocenters. The highest BCUT2D eigenvalue weighted by molar-refractivity contribution is 6.01. The second kappa shape index (κ2) is 4.87. The Kier molecular flexibility index (Phi) is 3.00. The number of aromatic nitrogens is 1. The van der Waals surface area contributed by atoms with Crippen molar-refractivity contribution in [2.45, 2.75) is 46.1 Å². The van der Waals surface area contributed by atoms with E-state index in [-0.39, 0.29) is 5.56 Å². The second-order valence-corrected chi connectivity index (χ2v) is 9.14. The molecule has 1 aromatic heterocycles. The van der Waals surface area contributed by atoms with E-state index in [9.17, 15) is 9.59 Å². The molecule has 5 rings (SSSR count). The van der Waals surface area contributed by atoms with E-state index in [2.05, 4.69) is 31.7 Å². The van der Waals surface area contributed by atoms with E-state index >= 15 is 0 Å². The lowest BCUT2D eigenvalue weighted by Gasteiger charge is -2.44. The summed E-state index contributed by atoms with van der Waals surface area (Å²) in [6, 6.07) is 5.66. The fourth-order valence-corrected chi connectivity index (χ4v) is 5.95. The molecule has 2 bridgehead atoms. The topological polar surface area (TPSA) is 42.3 Å². The first kappa shape index (κ1) is 15.4. The number of allylic oxidation sites excluding steroid dienone is 2. The molecule has 3 fully saturated rings. The third-order valence-corrected chi connectivity index (χ3v) is 7.41. The van der Waals surface area contributed by atoms with E-state index in [1.165, 1.54) is 11.4 Å². The van der Waals surface area contributed by atoms with Gasteiger partial charge in [-0.3, -0.25) is 9.59 Å². The smallest absolute Gasteiger partial charge is 0.250 e. The Morgan fingerprint density at radius 1 is 1.16 bits per heavy atom. The van der Waals surface area contributed by atoms with Crippen molar-refractivity contribution in [2.75, 3.05) is 13.1 Å². The van der Waals surface area contributed by atoms with Gasteiger partial charge in [0.1, 0.15) is 0 Å².